The third-order valence-corrected chi connectivity index (χ3v) is 3.11. The monoisotopic (exact) mass is 355 g/mol. The van der Waals surface area contributed by atoms with Gasteiger partial charge in [0.15, 0.2) is 6.61 Å². The predicted molar refractivity (Wildman–Crippen MR) is 91.0 cm³/mol. The standard InChI is InChI=1S/C16H22ClN3O4/c1-16(2,3)19-13(21)8-20(4)14(22)9-24-12-6-5-10(17)7-11(12)15(18)23/h5-7H,8-9H2,1-4H3,(H2,18,23)(H,19,21). The van der Waals surface area contributed by atoms with Crippen molar-refractivity contribution in [2.24, 2.45) is 5.73 Å². The Hall–Kier alpha value is -2.28. The van der Waals surface area contributed by atoms with Gasteiger partial charge in [0.2, 0.25) is 5.91 Å². The van der Waals surface area contributed by atoms with Crippen molar-refractivity contribution in [3.05, 3.63) is 28.8 Å². The molecule has 0 aliphatic carbocycles. The van der Waals surface area contributed by atoms with Gasteiger partial charge in [0.1, 0.15) is 5.75 Å². The molecule has 0 bridgehead atoms. The van der Waals surface area contributed by atoms with E-state index in [9.17, 15) is 14.4 Å². The lowest BCUT2D eigenvalue weighted by Gasteiger charge is -2.23. The SMILES string of the molecule is CN(CC(=O)NC(C)(C)C)C(=O)COc1ccc(Cl)cc1C(N)=O. The average molecular weight is 356 g/mol. The molecule has 7 nitrogen and oxygen atoms in total. The molecule has 1 rings (SSSR count). The Kier molecular flexibility index (Phi) is 6.60. The number of likely N-dealkylation sites (N-methyl/N-ethyl adjacent to an activating group) is 1. The topological polar surface area (TPSA) is 102 Å². The number of nitrogens with two attached hydrogens (primary N) is 1. The Morgan fingerprint density at radius 2 is 1.92 bits per heavy atom. The maximum atomic E-state index is 12.0. The van der Waals surface area contributed by atoms with Crippen molar-refractivity contribution < 1.29 is 19.1 Å². The highest BCUT2D eigenvalue weighted by atomic mass is 35.5. The van der Waals surface area contributed by atoms with Crippen LogP contribution in [0.25, 0.3) is 0 Å². The van der Waals surface area contributed by atoms with Gasteiger partial charge in [-0.3, -0.25) is 14.4 Å². The van der Waals surface area contributed by atoms with Gasteiger partial charge < -0.3 is 20.7 Å². The van der Waals surface area contributed by atoms with Gasteiger partial charge in [-0.25, -0.2) is 0 Å². The molecule has 0 saturated carbocycles. The molecule has 1 aromatic carbocycles. The van der Waals surface area contributed by atoms with Crippen LogP contribution < -0.4 is 15.8 Å². The molecule has 0 fully saturated rings. The van der Waals surface area contributed by atoms with Crippen LogP contribution in [-0.4, -0.2) is 48.4 Å². The molecular formula is C16H22ClN3O4. The highest BCUT2D eigenvalue weighted by molar-refractivity contribution is 6.31. The Bertz CT molecular complexity index is 641. The van der Waals surface area contributed by atoms with Crippen molar-refractivity contribution >= 4 is 29.3 Å². The first-order valence-corrected chi connectivity index (χ1v) is 7.64. The molecular weight excluding hydrogens is 334 g/mol. The number of primary amides is 1. The fourth-order valence-corrected chi connectivity index (χ4v) is 2.00. The van der Waals surface area contributed by atoms with E-state index >= 15 is 0 Å². The zero-order valence-electron chi connectivity index (χ0n) is 14.2. The Morgan fingerprint density at radius 3 is 2.46 bits per heavy atom. The third-order valence-electron chi connectivity index (χ3n) is 2.88. The molecule has 0 aromatic heterocycles. The van der Waals surface area contributed by atoms with E-state index in [1.807, 2.05) is 20.8 Å². The molecule has 3 amide bonds. The molecule has 0 radical (unpaired) electrons. The minimum absolute atomic E-state index is 0.0865. The number of carbonyl (C=O) groups is 3. The minimum atomic E-state index is -0.710. The van der Waals surface area contributed by atoms with Gasteiger partial charge in [0, 0.05) is 17.6 Å². The summed E-state index contributed by atoms with van der Waals surface area (Å²) in [5, 5.41) is 3.09. The highest BCUT2D eigenvalue weighted by Gasteiger charge is 2.19. The van der Waals surface area contributed by atoms with Gasteiger partial charge >= 0.3 is 0 Å². The lowest BCUT2D eigenvalue weighted by Crippen LogP contribution is -2.47. The largest absolute Gasteiger partial charge is 0.483 e. The van der Waals surface area contributed by atoms with Gasteiger partial charge in [0.05, 0.1) is 12.1 Å². The second kappa shape index (κ2) is 8.01. The highest BCUT2D eigenvalue weighted by Crippen LogP contribution is 2.22. The number of benzene rings is 1. The van der Waals surface area contributed by atoms with Gasteiger partial charge in [0.25, 0.3) is 11.8 Å². The van der Waals surface area contributed by atoms with Gasteiger partial charge in [-0.05, 0) is 39.0 Å². The van der Waals surface area contributed by atoms with Crippen molar-refractivity contribution in [2.75, 3.05) is 20.2 Å². The number of amides is 3. The van der Waals surface area contributed by atoms with Crippen LogP contribution in [0.1, 0.15) is 31.1 Å². The Labute approximate surface area is 146 Å². The molecule has 132 valence electrons. The number of ether oxygens (including phenoxy) is 1. The zero-order chi connectivity index (χ0) is 18.5. The van der Waals surface area contributed by atoms with Crippen LogP contribution in [0.2, 0.25) is 5.02 Å². The van der Waals surface area contributed by atoms with E-state index in [0.717, 1.165) is 0 Å². The summed E-state index contributed by atoms with van der Waals surface area (Å²) in [4.78, 5) is 36.5. The summed E-state index contributed by atoms with van der Waals surface area (Å²) in [7, 11) is 1.49. The Balaban J connectivity index is 2.63. The van der Waals surface area contributed by atoms with Crippen molar-refractivity contribution in [1.29, 1.82) is 0 Å². The van der Waals surface area contributed by atoms with Crippen LogP contribution in [0, 0.1) is 0 Å². The number of hydrogen-bond acceptors (Lipinski definition) is 4. The summed E-state index contributed by atoms with van der Waals surface area (Å²) in [6.07, 6.45) is 0. The number of rotatable bonds is 6. The van der Waals surface area contributed by atoms with Gasteiger partial charge in [-0.1, -0.05) is 11.6 Å². The summed E-state index contributed by atoms with van der Waals surface area (Å²) < 4.78 is 5.34. The summed E-state index contributed by atoms with van der Waals surface area (Å²) in [5.74, 6) is -1.24. The maximum Gasteiger partial charge on any atom is 0.260 e. The quantitative estimate of drug-likeness (QED) is 0.800. The molecule has 0 saturated heterocycles. The van der Waals surface area contributed by atoms with Crippen LogP contribution in [0.5, 0.6) is 5.75 Å². The second-order valence-corrected chi connectivity index (χ2v) is 6.78. The molecule has 8 heteroatoms. The summed E-state index contributed by atoms with van der Waals surface area (Å²) >= 11 is 5.80. The first-order valence-electron chi connectivity index (χ1n) is 7.27. The van der Waals surface area contributed by atoms with Crippen LogP contribution in [0.4, 0.5) is 0 Å². The van der Waals surface area contributed by atoms with Crippen LogP contribution >= 0.6 is 11.6 Å². The van der Waals surface area contributed by atoms with E-state index < -0.39 is 11.8 Å². The van der Waals surface area contributed by atoms with Crippen molar-refractivity contribution in [3.63, 3.8) is 0 Å². The minimum Gasteiger partial charge on any atom is -0.483 e. The average Bonchev–Trinajstić information content (AvgIpc) is 2.43. The summed E-state index contributed by atoms with van der Waals surface area (Å²) in [6, 6.07) is 4.35. The number of nitrogens with zero attached hydrogens (tertiary/aromatic N) is 1. The normalized spacial score (nSPS) is 10.9. The van der Waals surface area contributed by atoms with Crippen molar-refractivity contribution in [1.82, 2.24) is 10.2 Å². The number of carbonyl (C=O) groups excluding carboxylic acids is 3. The molecule has 24 heavy (non-hydrogen) atoms. The summed E-state index contributed by atoms with van der Waals surface area (Å²) in [6.45, 7) is 5.12. The predicted octanol–water partition coefficient (Wildman–Crippen LogP) is 1.19. The van der Waals surface area contributed by atoms with E-state index in [1.165, 1.54) is 30.1 Å². The first kappa shape index (κ1) is 19.8. The number of hydrogen-bond donors (Lipinski definition) is 2. The molecule has 0 unspecified atom stereocenters. The Morgan fingerprint density at radius 1 is 1.29 bits per heavy atom. The van der Waals surface area contributed by atoms with Crippen LogP contribution in [-0.2, 0) is 9.59 Å². The van der Waals surface area contributed by atoms with E-state index in [1.54, 1.807) is 0 Å². The molecule has 0 atom stereocenters. The summed E-state index contributed by atoms with van der Waals surface area (Å²) in [5.41, 5.74) is 4.96. The maximum absolute atomic E-state index is 12.0. The van der Waals surface area contributed by atoms with Crippen molar-refractivity contribution in [2.45, 2.75) is 26.3 Å². The molecule has 0 heterocycles. The van der Waals surface area contributed by atoms with E-state index in [-0.39, 0.29) is 35.9 Å². The van der Waals surface area contributed by atoms with Crippen LogP contribution in [0.3, 0.4) is 0 Å². The van der Waals surface area contributed by atoms with Gasteiger partial charge in [-0.2, -0.15) is 0 Å². The molecule has 0 aliphatic rings. The fourth-order valence-electron chi connectivity index (χ4n) is 1.83. The van der Waals surface area contributed by atoms with Gasteiger partial charge in [-0.15, -0.1) is 0 Å². The molecule has 1 aromatic rings. The second-order valence-electron chi connectivity index (χ2n) is 6.34. The molecule has 0 aliphatic heterocycles. The fraction of sp³-hybridized carbons (Fsp3) is 0.438. The third kappa shape index (κ3) is 6.45. The zero-order valence-corrected chi connectivity index (χ0v) is 14.9. The number of nitrogens with one attached hydrogen (secondary N) is 1. The first-order chi connectivity index (χ1) is 11.0. The van der Waals surface area contributed by atoms with Crippen LogP contribution in [0.15, 0.2) is 18.2 Å². The smallest absolute Gasteiger partial charge is 0.260 e. The lowest BCUT2D eigenvalue weighted by atomic mass is 10.1. The lowest BCUT2D eigenvalue weighted by molar-refractivity contribution is -0.136. The van der Waals surface area contributed by atoms with Crippen molar-refractivity contribution in [3.8, 4) is 5.75 Å². The van der Waals surface area contributed by atoms with E-state index in [4.69, 9.17) is 22.1 Å². The number of halogens is 1. The van der Waals surface area contributed by atoms with E-state index in [0.29, 0.717) is 5.02 Å². The molecule has 0 spiro atoms. The molecule has 3 N–H and O–H groups in total. The van der Waals surface area contributed by atoms with E-state index in [2.05, 4.69) is 5.32 Å².